The number of aliphatic hydroxyl groups is 1. The summed E-state index contributed by atoms with van der Waals surface area (Å²) in [6.07, 6.45) is 6.05. The van der Waals surface area contributed by atoms with Crippen LogP contribution >= 0.6 is 0 Å². The number of aliphatic hydroxyl groups excluding tert-OH is 1. The molecule has 0 saturated carbocycles. The molecule has 2 heterocycles. The van der Waals surface area contributed by atoms with Gasteiger partial charge in [0.15, 0.2) is 9.84 Å². The summed E-state index contributed by atoms with van der Waals surface area (Å²) < 4.78 is 31.7. The molecule has 0 atom stereocenters. The smallest absolute Gasteiger partial charge is 0.182 e. The van der Waals surface area contributed by atoms with Crippen LogP contribution in [0, 0.1) is 0 Å². The van der Waals surface area contributed by atoms with Crippen LogP contribution in [0.2, 0.25) is 0 Å². The highest BCUT2D eigenvalue weighted by Crippen LogP contribution is 2.37. The van der Waals surface area contributed by atoms with Crippen LogP contribution in [0.15, 0.2) is 59.5 Å². The maximum Gasteiger partial charge on any atom is 0.182 e. The number of rotatable bonds is 8. The van der Waals surface area contributed by atoms with Crippen LogP contribution in [0.1, 0.15) is 37.9 Å². The second-order valence-corrected chi connectivity index (χ2v) is 12.4. The van der Waals surface area contributed by atoms with E-state index in [0.717, 1.165) is 54.3 Å². The molecule has 8 nitrogen and oxygen atoms in total. The van der Waals surface area contributed by atoms with E-state index >= 15 is 0 Å². The Kier molecular flexibility index (Phi) is 7.32. The molecule has 5 rings (SSSR count). The van der Waals surface area contributed by atoms with Gasteiger partial charge >= 0.3 is 0 Å². The number of hydrogen-bond acceptors (Lipinski definition) is 8. The molecule has 3 N–H and O–H groups in total. The molecule has 0 spiro atoms. The fourth-order valence-electron chi connectivity index (χ4n) is 4.86. The molecule has 1 aliphatic carbocycles. The molecule has 2 aliphatic rings. The molecule has 9 heteroatoms. The quantitative estimate of drug-likeness (QED) is 0.358. The summed E-state index contributed by atoms with van der Waals surface area (Å²) in [5, 5.41) is 16.1. The lowest BCUT2D eigenvalue weighted by Gasteiger charge is -2.31. The van der Waals surface area contributed by atoms with Gasteiger partial charge in [-0.2, -0.15) is 0 Å². The zero-order chi connectivity index (χ0) is 26.9. The molecule has 1 aromatic heterocycles. The van der Waals surface area contributed by atoms with Crippen molar-refractivity contribution in [1.29, 1.82) is 0 Å². The fourth-order valence-corrected chi connectivity index (χ4v) is 6.07. The Hall–Kier alpha value is -3.56. The average Bonchev–Trinajstić information content (AvgIpc) is 3.39. The van der Waals surface area contributed by atoms with Gasteiger partial charge < -0.3 is 25.4 Å². The van der Waals surface area contributed by atoms with Gasteiger partial charge in [-0.25, -0.2) is 13.4 Å². The Morgan fingerprint density at radius 1 is 1.03 bits per heavy atom. The number of nitrogens with zero attached hydrogens (tertiary/aromatic N) is 2. The van der Waals surface area contributed by atoms with Crippen LogP contribution in [0.25, 0.3) is 6.08 Å². The van der Waals surface area contributed by atoms with Gasteiger partial charge in [-0.1, -0.05) is 24.3 Å². The zero-order valence-corrected chi connectivity index (χ0v) is 22.8. The number of aromatic nitrogens is 1. The largest absolute Gasteiger partial charge is 0.494 e. The van der Waals surface area contributed by atoms with Gasteiger partial charge in [0.1, 0.15) is 11.6 Å². The van der Waals surface area contributed by atoms with Crippen LogP contribution in [-0.4, -0.2) is 50.1 Å². The minimum Gasteiger partial charge on any atom is -0.494 e. The number of hydrogen-bond donors (Lipinski definition) is 3. The van der Waals surface area contributed by atoms with Crippen molar-refractivity contribution >= 4 is 44.5 Å². The topological polar surface area (TPSA) is 104 Å². The number of para-hydroxylation sites is 1. The van der Waals surface area contributed by atoms with Gasteiger partial charge in [0.25, 0.3) is 0 Å². The third-order valence-electron chi connectivity index (χ3n) is 7.09. The van der Waals surface area contributed by atoms with Gasteiger partial charge in [-0.3, -0.25) is 0 Å². The van der Waals surface area contributed by atoms with Crippen molar-refractivity contribution in [2.45, 2.75) is 49.4 Å². The van der Waals surface area contributed by atoms with Crippen molar-refractivity contribution in [3.8, 4) is 5.75 Å². The SMILES string of the molecule is COc1cc(N2CCC(O)CC2)ccc1Nc1cc(Nc2ccccc2S(=O)(=O)C(C)C)c2c(n1)CC=C2. The van der Waals surface area contributed by atoms with Gasteiger partial charge in [0.2, 0.25) is 0 Å². The molecule has 0 amide bonds. The first-order valence-corrected chi connectivity index (χ1v) is 14.5. The maximum absolute atomic E-state index is 13.0. The van der Waals surface area contributed by atoms with E-state index in [0.29, 0.717) is 23.7 Å². The van der Waals surface area contributed by atoms with Crippen LogP contribution in [0.5, 0.6) is 5.75 Å². The third kappa shape index (κ3) is 5.21. The normalized spacial score (nSPS) is 15.6. The summed E-state index contributed by atoms with van der Waals surface area (Å²) >= 11 is 0. The Morgan fingerprint density at radius 3 is 2.53 bits per heavy atom. The molecule has 0 radical (unpaired) electrons. The summed E-state index contributed by atoms with van der Waals surface area (Å²) in [5.74, 6) is 1.32. The third-order valence-corrected chi connectivity index (χ3v) is 9.30. The van der Waals surface area contributed by atoms with E-state index in [1.807, 2.05) is 42.5 Å². The van der Waals surface area contributed by atoms with Crippen molar-refractivity contribution in [2.75, 3.05) is 35.7 Å². The number of ether oxygens (including phenoxy) is 1. The molecule has 1 saturated heterocycles. The van der Waals surface area contributed by atoms with E-state index < -0.39 is 15.1 Å². The number of sulfone groups is 1. The Bertz CT molecular complexity index is 1460. The molecule has 1 fully saturated rings. The number of anilines is 5. The first kappa shape index (κ1) is 26.1. The lowest BCUT2D eigenvalue weighted by Crippen LogP contribution is -2.35. The first-order valence-electron chi connectivity index (χ1n) is 12.9. The standard InChI is InChI=1S/C29H34N4O4S/c1-19(2)38(35,36)28-10-5-4-8-25(28)30-26-18-29(31-23-9-6-7-22(23)26)32-24-12-11-20(17-27(24)37-3)33-15-13-21(34)14-16-33/h4-8,10-12,17-19,21,34H,9,13-16H2,1-3H3,(H2,30,31,32). The van der Waals surface area contributed by atoms with Crippen LogP contribution in [0.4, 0.5) is 28.6 Å². The molecule has 3 aromatic rings. The second-order valence-electron chi connectivity index (χ2n) is 9.96. The molecule has 2 aromatic carbocycles. The van der Waals surface area contributed by atoms with Crippen LogP contribution < -0.4 is 20.3 Å². The van der Waals surface area contributed by atoms with E-state index in [4.69, 9.17) is 9.72 Å². The fraction of sp³-hybridized carbons (Fsp3) is 0.345. The van der Waals surface area contributed by atoms with Crippen LogP contribution in [0.3, 0.4) is 0 Å². The molecular weight excluding hydrogens is 500 g/mol. The number of allylic oxidation sites excluding steroid dienone is 1. The highest BCUT2D eigenvalue weighted by Gasteiger charge is 2.24. The van der Waals surface area contributed by atoms with E-state index in [9.17, 15) is 13.5 Å². The van der Waals surface area contributed by atoms with Crippen molar-refractivity contribution < 1.29 is 18.3 Å². The predicted molar refractivity (Wildman–Crippen MR) is 153 cm³/mol. The number of nitrogens with one attached hydrogen (secondary N) is 2. The van der Waals surface area contributed by atoms with Crippen molar-refractivity contribution in [3.05, 3.63) is 65.9 Å². The summed E-state index contributed by atoms with van der Waals surface area (Å²) in [6.45, 7) is 4.99. The predicted octanol–water partition coefficient (Wildman–Crippen LogP) is 5.29. The minimum atomic E-state index is -3.47. The number of pyridine rings is 1. The molecule has 38 heavy (non-hydrogen) atoms. The molecule has 0 unspecified atom stereocenters. The summed E-state index contributed by atoms with van der Waals surface area (Å²) in [7, 11) is -1.83. The number of benzene rings is 2. The van der Waals surface area contributed by atoms with E-state index in [1.165, 1.54) is 0 Å². The summed E-state index contributed by atoms with van der Waals surface area (Å²) in [4.78, 5) is 7.35. The number of piperidine rings is 1. The monoisotopic (exact) mass is 534 g/mol. The Labute approximate surface area is 224 Å². The van der Waals surface area contributed by atoms with Crippen LogP contribution in [-0.2, 0) is 16.3 Å². The maximum atomic E-state index is 13.0. The second kappa shape index (κ2) is 10.7. The van der Waals surface area contributed by atoms with Gasteiger partial charge in [0.05, 0.1) is 46.1 Å². The van der Waals surface area contributed by atoms with E-state index in [2.05, 4.69) is 15.5 Å². The van der Waals surface area contributed by atoms with Gasteiger partial charge in [-0.15, -0.1) is 0 Å². The molecular formula is C29H34N4O4S. The average molecular weight is 535 g/mol. The Balaban J connectivity index is 1.45. The van der Waals surface area contributed by atoms with Gasteiger partial charge in [0, 0.05) is 42.9 Å². The van der Waals surface area contributed by atoms with E-state index in [1.54, 1.807) is 39.2 Å². The zero-order valence-electron chi connectivity index (χ0n) is 21.9. The van der Waals surface area contributed by atoms with Crippen molar-refractivity contribution in [1.82, 2.24) is 4.98 Å². The van der Waals surface area contributed by atoms with Crippen molar-refractivity contribution in [3.63, 3.8) is 0 Å². The van der Waals surface area contributed by atoms with E-state index in [-0.39, 0.29) is 11.0 Å². The summed E-state index contributed by atoms with van der Waals surface area (Å²) in [6, 6.07) is 14.9. The highest BCUT2D eigenvalue weighted by atomic mass is 32.2. The van der Waals surface area contributed by atoms with Crippen molar-refractivity contribution in [2.24, 2.45) is 0 Å². The highest BCUT2D eigenvalue weighted by molar-refractivity contribution is 7.92. The lowest BCUT2D eigenvalue weighted by atomic mass is 10.1. The molecule has 1 aliphatic heterocycles. The van der Waals surface area contributed by atoms with Gasteiger partial charge in [-0.05, 0) is 51.0 Å². The molecule has 200 valence electrons. The summed E-state index contributed by atoms with van der Waals surface area (Å²) in [5.41, 5.74) is 5.00. The minimum absolute atomic E-state index is 0.227. The first-order chi connectivity index (χ1) is 18.3. The molecule has 0 bridgehead atoms. The lowest BCUT2D eigenvalue weighted by molar-refractivity contribution is 0.145. The Morgan fingerprint density at radius 2 is 1.79 bits per heavy atom. The number of fused-ring (bicyclic) bond motifs is 1. The number of methoxy groups -OCH3 is 1.